The molecular formula is C15H21N3O3. The first-order chi connectivity index (χ1) is 9.81. The highest BCUT2D eigenvalue weighted by Crippen LogP contribution is 2.25. The Kier molecular flexibility index (Phi) is 4.16. The van der Waals surface area contributed by atoms with Crippen molar-refractivity contribution < 1.29 is 14.7 Å². The molecule has 0 bridgehead atoms. The molecule has 0 radical (unpaired) electrons. The number of carbonyl (C=O) groups is 2. The molecule has 1 aromatic rings. The standard InChI is InChI=1S/C15H21N3O3/c1-15(2,14(20)21)8-17-13-10(12(16)19)7-9-5-3-4-6-11(9)18-13/h7H,3-6,8H2,1-2H3,(H2,16,19)(H,17,18)(H,20,21). The maximum absolute atomic E-state index is 11.6. The number of amides is 1. The number of hydrogen-bond donors (Lipinski definition) is 3. The minimum Gasteiger partial charge on any atom is -0.481 e. The van der Waals surface area contributed by atoms with Crippen LogP contribution in [0.25, 0.3) is 0 Å². The van der Waals surface area contributed by atoms with E-state index in [2.05, 4.69) is 10.3 Å². The van der Waals surface area contributed by atoms with Crippen LogP contribution in [0.1, 0.15) is 48.3 Å². The van der Waals surface area contributed by atoms with Crippen molar-refractivity contribution >= 4 is 17.7 Å². The van der Waals surface area contributed by atoms with Gasteiger partial charge in [0.1, 0.15) is 5.82 Å². The normalized spacial score (nSPS) is 14.4. The maximum Gasteiger partial charge on any atom is 0.310 e. The zero-order chi connectivity index (χ0) is 15.6. The third kappa shape index (κ3) is 3.32. The van der Waals surface area contributed by atoms with E-state index in [-0.39, 0.29) is 6.54 Å². The second-order valence-corrected chi connectivity index (χ2v) is 6.10. The molecule has 6 nitrogen and oxygen atoms in total. The van der Waals surface area contributed by atoms with Gasteiger partial charge < -0.3 is 16.2 Å². The summed E-state index contributed by atoms with van der Waals surface area (Å²) >= 11 is 0. The van der Waals surface area contributed by atoms with Gasteiger partial charge in [-0.3, -0.25) is 9.59 Å². The molecule has 1 amide bonds. The number of nitrogens with one attached hydrogen (secondary N) is 1. The highest BCUT2D eigenvalue weighted by atomic mass is 16.4. The number of carbonyl (C=O) groups excluding carboxylic acids is 1. The molecule has 4 N–H and O–H groups in total. The fourth-order valence-corrected chi connectivity index (χ4v) is 2.34. The Bertz CT molecular complexity index is 582. The van der Waals surface area contributed by atoms with Gasteiger partial charge in [0.25, 0.3) is 5.91 Å². The van der Waals surface area contributed by atoms with Crippen molar-refractivity contribution in [3.05, 3.63) is 22.9 Å². The second-order valence-electron chi connectivity index (χ2n) is 6.10. The first-order valence-corrected chi connectivity index (χ1v) is 7.11. The van der Waals surface area contributed by atoms with Gasteiger partial charge in [-0.05, 0) is 51.2 Å². The van der Waals surface area contributed by atoms with E-state index in [0.29, 0.717) is 11.4 Å². The van der Waals surface area contributed by atoms with Gasteiger partial charge in [-0.25, -0.2) is 4.98 Å². The lowest BCUT2D eigenvalue weighted by molar-refractivity contribution is -0.146. The average Bonchev–Trinajstić information content (AvgIpc) is 2.43. The summed E-state index contributed by atoms with van der Waals surface area (Å²) in [4.78, 5) is 27.2. The number of fused-ring (bicyclic) bond motifs is 1. The largest absolute Gasteiger partial charge is 0.481 e. The number of hydrogen-bond acceptors (Lipinski definition) is 4. The van der Waals surface area contributed by atoms with Crippen molar-refractivity contribution in [2.45, 2.75) is 39.5 Å². The van der Waals surface area contributed by atoms with E-state index < -0.39 is 17.3 Å². The molecule has 0 fully saturated rings. The zero-order valence-corrected chi connectivity index (χ0v) is 12.4. The Hall–Kier alpha value is -2.11. The lowest BCUT2D eigenvalue weighted by Crippen LogP contribution is -2.32. The molecule has 1 heterocycles. The van der Waals surface area contributed by atoms with E-state index in [1.165, 1.54) is 0 Å². The van der Waals surface area contributed by atoms with Crippen LogP contribution in [0.3, 0.4) is 0 Å². The quantitative estimate of drug-likeness (QED) is 0.764. The monoisotopic (exact) mass is 291 g/mol. The predicted molar refractivity (Wildman–Crippen MR) is 79.3 cm³/mol. The Labute approximate surface area is 123 Å². The van der Waals surface area contributed by atoms with Crippen molar-refractivity contribution in [2.75, 3.05) is 11.9 Å². The van der Waals surface area contributed by atoms with Gasteiger partial charge in [0.2, 0.25) is 0 Å². The van der Waals surface area contributed by atoms with E-state index in [9.17, 15) is 9.59 Å². The molecule has 0 aromatic carbocycles. The Morgan fingerprint density at radius 1 is 1.38 bits per heavy atom. The van der Waals surface area contributed by atoms with Gasteiger partial charge in [0.05, 0.1) is 11.0 Å². The van der Waals surface area contributed by atoms with Gasteiger partial charge >= 0.3 is 5.97 Å². The van der Waals surface area contributed by atoms with E-state index in [4.69, 9.17) is 10.8 Å². The van der Waals surface area contributed by atoms with Crippen LogP contribution in [0.2, 0.25) is 0 Å². The highest BCUT2D eigenvalue weighted by molar-refractivity contribution is 5.98. The fraction of sp³-hybridized carbons (Fsp3) is 0.533. The van der Waals surface area contributed by atoms with Gasteiger partial charge in [0, 0.05) is 12.2 Å². The van der Waals surface area contributed by atoms with Crippen LogP contribution >= 0.6 is 0 Å². The number of rotatable bonds is 5. The summed E-state index contributed by atoms with van der Waals surface area (Å²) in [5, 5.41) is 12.1. The molecular weight excluding hydrogens is 270 g/mol. The number of carboxylic acid groups (broad SMARTS) is 1. The molecule has 1 aromatic heterocycles. The Morgan fingerprint density at radius 2 is 2.05 bits per heavy atom. The fourth-order valence-electron chi connectivity index (χ4n) is 2.34. The van der Waals surface area contributed by atoms with Gasteiger partial charge in [-0.15, -0.1) is 0 Å². The lowest BCUT2D eigenvalue weighted by atomic mass is 9.93. The summed E-state index contributed by atoms with van der Waals surface area (Å²) in [7, 11) is 0. The topological polar surface area (TPSA) is 105 Å². The van der Waals surface area contributed by atoms with Crippen LogP contribution in [0.5, 0.6) is 0 Å². The van der Waals surface area contributed by atoms with Crippen LogP contribution in [-0.2, 0) is 17.6 Å². The number of primary amides is 1. The van der Waals surface area contributed by atoms with Gasteiger partial charge in [0.15, 0.2) is 0 Å². The molecule has 1 aliphatic rings. The maximum atomic E-state index is 11.6. The highest BCUT2D eigenvalue weighted by Gasteiger charge is 2.28. The van der Waals surface area contributed by atoms with Crippen molar-refractivity contribution in [3.8, 4) is 0 Å². The number of nitrogens with two attached hydrogens (primary N) is 1. The molecule has 0 saturated heterocycles. The van der Waals surface area contributed by atoms with Crippen LogP contribution in [0, 0.1) is 5.41 Å². The van der Waals surface area contributed by atoms with Crippen molar-refractivity contribution in [1.29, 1.82) is 0 Å². The number of carboxylic acids is 1. The second kappa shape index (κ2) is 5.71. The Morgan fingerprint density at radius 3 is 2.67 bits per heavy atom. The van der Waals surface area contributed by atoms with E-state index >= 15 is 0 Å². The van der Waals surface area contributed by atoms with Crippen molar-refractivity contribution in [3.63, 3.8) is 0 Å². The molecule has 0 spiro atoms. The molecule has 0 atom stereocenters. The molecule has 0 saturated carbocycles. The SMILES string of the molecule is CC(C)(CNc1nc2c(cc1C(N)=O)CCCC2)C(=O)O. The summed E-state index contributed by atoms with van der Waals surface area (Å²) in [5.74, 6) is -1.07. The van der Waals surface area contributed by atoms with E-state index in [0.717, 1.165) is 36.9 Å². The summed E-state index contributed by atoms with van der Waals surface area (Å²) in [6.07, 6.45) is 3.95. The van der Waals surface area contributed by atoms with Crippen LogP contribution in [0.4, 0.5) is 5.82 Å². The number of aromatic nitrogens is 1. The zero-order valence-electron chi connectivity index (χ0n) is 12.4. The number of aliphatic carboxylic acids is 1. The molecule has 1 aliphatic carbocycles. The van der Waals surface area contributed by atoms with E-state index in [1.54, 1.807) is 19.9 Å². The molecule has 21 heavy (non-hydrogen) atoms. The third-order valence-electron chi connectivity index (χ3n) is 3.84. The summed E-state index contributed by atoms with van der Waals surface area (Å²) in [6.45, 7) is 3.41. The molecule has 2 rings (SSSR count). The number of nitrogens with zero attached hydrogens (tertiary/aromatic N) is 1. The number of aryl methyl sites for hydroxylation is 2. The summed E-state index contributed by atoms with van der Waals surface area (Å²) < 4.78 is 0. The van der Waals surface area contributed by atoms with Crippen LogP contribution in [-0.4, -0.2) is 28.5 Å². The molecule has 6 heteroatoms. The first-order valence-electron chi connectivity index (χ1n) is 7.11. The van der Waals surface area contributed by atoms with Crippen LogP contribution < -0.4 is 11.1 Å². The van der Waals surface area contributed by atoms with Crippen molar-refractivity contribution in [1.82, 2.24) is 4.98 Å². The number of anilines is 1. The lowest BCUT2D eigenvalue weighted by Gasteiger charge is -2.22. The van der Waals surface area contributed by atoms with Gasteiger partial charge in [-0.2, -0.15) is 0 Å². The molecule has 0 aliphatic heterocycles. The predicted octanol–water partition coefficient (Wildman–Crippen LogP) is 1.58. The average molecular weight is 291 g/mol. The summed E-state index contributed by atoms with van der Waals surface area (Å²) in [5.41, 5.74) is 6.83. The third-order valence-corrected chi connectivity index (χ3v) is 3.84. The smallest absolute Gasteiger partial charge is 0.310 e. The minimum absolute atomic E-state index is 0.175. The Balaban J connectivity index is 2.29. The first kappa shape index (κ1) is 15.3. The number of pyridine rings is 1. The minimum atomic E-state index is -0.952. The summed E-state index contributed by atoms with van der Waals surface area (Å²) in [6, 6.07) is 1.79. The van der Waals surface area contributed by atoms with Gasteiger partial charge in [-0.1, -0.05) is 0 Å². The van der Waals surface area contributed by atoms with E-state index in [1.807, 2.05) is 0 Å². The molecule has 0 unspecified atom stereocenters. The molecule has 114 valence electrons. The van der Waals surface area contributed by atoms with Crippen LogP contribution in [0.15, 0.2) is 6.07 Å². The van der Waals surface area contributed by atoms with Crippen molar-refractivity contribution in [2.24, 2.45) is 11.1 Å².